The number of rotatable bonds is 7. The number of nitrogens with zero attached hydrogens (tertiary/aromatic N) is 1. The van der Waals surface area contributed by atoms with Crippen molar-refractivity contribution in [1.29, 1.82) is 0 Å². The summed E-state index contributed by atoms with van der Waals surface area (Å²) in [5, 5.41) is 3.82. The van der Waals surface area contributed by atoms with Gasteiger partial charge in [-0.1, -0.05) is 26.7 Å². The number of nitrogens with one attached hydrogen (secondary N) is 1. The average molecular weight is 254 g/mol. The molecule has 0 aromatic heterocycles. The van der Waals surface area contributed by atoms with Crippen LogP contribution in [0.25, 0.3) is 0 Å². The van der Waals surface area contributed by atoms with Crippen molar-refractivity contribution in [3.63, 3.8) is 0 Å². The van der Waals surface area contributed by atoms with Crippen molar-refractivity contribution in [3.8, 4) is 0 Å². The van der Waals surface area contributed by atoms with Gasteiger partial charge in [-0.2, -0.15) is 0 Å². The zero-order chi connectivity index (χ0) is 13.5. The Morgan fingerprint density at radius 1 is 1.06 bits per heavy atom. The molecule has 0 aromatic rings. The first-order chi connectivity index (χ1) is 8.49. The van der Waals surface area contributed by atoms with Crippen LogP contribution in [-0.4, -0.2) is 37.1 Å². The van der Waals surface area contributed by atoms with Gasteiger partial charge in [-0.25, -0.2) is 0 Å². The van der Waals surface area contributed by atoms with E-state index >= 15 is 0 Å². The largest absolute Gasteiger partial charge is 0.312 e. The van der Waals surface area contributed by atoms with Crippen LogP contribution in [0.2, 0.25) is 0 Å². The summed E-state index contributed by atoms with van der Waals surface area (Å²) < 4.78 is 0. The van der Waals surface area contributed by atoms with Crippen molar-refractivity contribution < 1.29 is 0 Å². The molecule has 1 aliphatic rings. The fraction of sp³-hybridized carbons (Fsp3) is 1.00. The van der Waals surface area contributed by atoms with Gasteiger partial charge in [-0.3, -0.25) is 0 Å². The Kier molecular flexibility index (Phi) is 7.25. The molecule has 1 N–H and O–H groups in total. The highest BCUT2D eigenvalue weighted by atomic mass is 15.1. The fourth-order valence-corrected chi connectivity index (χ4v) is 3.03. The zero-order valence-corrected chi connectivity index (χ0v) is 13.2. The van der Waals surface area contributed by atoms with E-state index in [2.05, 4.69) is 45.0 Å². The van der Waals surface area contributed by atoms with Crippen LogP contribution >= 0.6 is 0 Å². The molecule has 0 bridgehead atoms. The minimum atomic E-state index is 0.679. The molecular formula is C16H34N2. The number of likely N-dealkylation sites (tertiary alicyclic amines) is 1. The van der Waals surface area contributed by atoms with Crippen LogP contribution in [-0.2, 0) is 0 Å². The van der Waals surface area contributed by atoms with Crippen molar-refractivity contribution >= 4 is 0 Å². The summed E-state index contributed by atoms with van der Waals surface area (Å²) in [4.78, 5) is 2.45. The minimum Gasteiger partial charge on any atom is -0.312 e. The molecule has 18 heavy (non-hydrogen) atoms. The Morgan fingerprint density at radius 3 is 2.22 bits per heavy atom. The molecule has 1 aliphatic heterocycles. The summed E-state index contributed by atoms with van der Waals surface area (Å²) in [6.07, 6.45) is 6.79. The van der Waals surface area contributed by atoms with Gasteiger partial charge in [0, 0.05) is 12.1 Å². The number of hydrogen-bond acceptors (Lipinski definition) is 2. The van der Waals surface area contributed by atoms with E-state index in [1.807, 2.05) is 0 Å². The molecule has 2 unspecified atom stereocenters. The quantitative estimate of drug-likeness (QED) is 0.748. The lowest BCUT2D eigenvalue weighted by Gasteiger charge is -2.34. The summed E-state index contributed by atoms with van der Waals surface area (Å²) in [7, 11) is 2.24. The average Bonchev–Trinajstić information content (AvgIpc) is 2.29. The minimum absolute atomic E-state index is 0.679. The predicted molar refractivity (Wildman–Crippen MR) is 81.0 cm³/mol. The molecular weight excluding hydrogens is 220 g/mol. The highest BCUT2D eigenvalue weighted by molar-refractivity contribution is 4.80. The van der Waals surface area contributed by atoms with E-state index in [1.54, 1.807) is 0 Å². The Bertz CT molecular complexity index is 207. The molecule has 1 rings (SSSR count). The first kappa shape index (κ1) is 16.0. The monoisotopic (exact) mass is 254 g/mol. The summed E-state index contributed by atoms with van der Waals surface area (Å²) in [5.41, 5.74) is 0. The van der Waals surface area contributed by atoms with Crippen LogP contribution in [0, 0.1) is 11.8 Å². The highest BCUT2D eigenvalue weighted by Crippen LogP contribution is 2.20. The Labute approximate surface area is 115 Å². The van der Waals surface area contributed by atoms with Gasteiger partial charge < -0.3 is 10.2 Å². The normalized spacial score (nSPS) is 22.3. The molecule has 1 fully saturated rings. The molecule has 0 aromatic carbocycles. The van der Waals surface area contributed by atoms with E-state index in [4.69, 9.17) is 0 Å². The van der Waals surface area contributed by atoms with Crippen LogP contribution < -0.4 is 5.32 Å². The lowest BCUT2D eigenvalue weighted by Crippen LogP contribution is -2.43. The molecule has 0 aliphatic carbocycles. The van der Waals surface area contributed by atoms with Gasteiger partial charge in [-0.15, -0.1) is 0 Å². The lowest BCUT2D eigenvalue weighted by atomic mass is 9.90. The molecule has 1 saturated heterocycles. The van der Waals surface area contributed by atoms with Crippen molar-refractivity contribution in [2.24, 2.45) is 11.8 Å². The Balaban J connectivity index is 2.16. The van der Waals surface area contributed by atoms with Crippen LogP contribution in [0.3, 0.4) is 0 Å². The van der Waals surface area contributed by atoms with Gasteiger partial charge in [0.05, 0.1) is 0 Å². The van der Waals surface area contributed by atoms with Crippen LogP contribution in [0.15, 0.2) is 0 Å². The number of hydrogen-bond donors (Lipinski definition) is 1. The van der Waals surface area contributed by atoms with Crippen molar-refractivity contribution in [3.05, 3.63) is 0 Å². The maximum absolute atomic E-state index is 3.82. The van der Waals surface area contributed by atoms with E-state index in [9.17, 15) is 0 Å². The first-order valence-electron chi connectivity index (χ1n) is 7.93. The summed E-state index contributed by atoms with van der Waals surface area (Å²) >= 11 is 0. The Hall–Kier alpha value is -0.0800. The fourth-order valence-electron chi connectivity index (χ4n) is 3.03. The van der Waals surface area contributed by atoms with Gasteiger partial charge in [0.25, 0.3) is 0 Å². The van der Waals surface area contributed by atoms with Crippen molar-refractivity contribution in [2.45, 2.75) is 71.9 Å². The molecule has 0 spiro atoms. The highest BCUT2D eigenvalue weighted by Gasteiger charge is 2.22. The second kappa shape index (κ2) is 8.16. The SMILES string of the molecule is CC(C)CCCC(C)NC(C)C1CCN(C)CC1. The van der Waals surface area contributed by atoms with E-state index in [0.29, 0.717) is 12.1 Å². The van der Waals surface area contributed by atoms with Crippen LogP contribution in [0.1, 0.15) is 59.8 Å². The van der Waals surface area contributed by atoms with Crippen LogP contribution in [0.4, 0.5) is 0 Å². The Morgan fingerprint density at radius 2 is 1.67 bits per heavy atom. The summed E-state index contributed by atoms with van der Waals surface area (Å²) in [5.74, 6) is 1.73. The van der Waals surface area contributed by atoms with Gasteiger partial charge in [0.1, 0.15) is 0 Å². The van der Waals surface area contributed by atoms with E-state index in [0.717, 1.165) is 11.8 Å². The molecule has 2 heteroatoms. The van der Waals surface area contributed by atoms with E-state index in [1.165, 1.54) is 45.2 Å². The molecule has 1 heterocycles. The van der Waals surface area contributed by atoms with E-state index < -0.39 is 0 Å². The second-order valence-electron chi connectivity index (χ2n) is 6.82. The topological polar surface area (TPSA) is 15.3 Å². The lowest BCUT2D eigenvalue weighted by molar-refractivity contribution is 0.183. The third-order valence-corrected chi connectivity index (χ3v) is 4.44. The smallest absolute Gasteiger partial charge is 0.00704 e. The molecule has 0 amide bonds. The van der Waals surface area contributed by atoms with Crippen molar-refractivity contribution in [2.75, 3.05) is 20.1 Å². The maximum Gasteiger partial charge on any atom is 0.00704 e. The standard InChI is InChI=1S/C16H34N2/c1-13(2)7-6-8-14(3)17-15(4)16-9-11-18(5)12-10-16/h13-17H,6-12H2,1-5H3. The predicted octanol–water partition coefficient (Wildman–Crippen LogP) is 3.52. The molecule has 2 atom stereocenters. The molecule has 0 radical (unpaired) electrons. The number of piperidine rings is 1. The molecule has 2 nitrogen and oxygen atoms in total. The van der Waals surface area contributed by atoms with Crippen LogP contribution in [0.5, 0.6) is 0 Å². The second-order valence-corrected chi connectivity index (χ2v) is 6.82. The molecule has 0 saturated carbocycles. The third-order valence-electron chi connectivity index (χ3n) is 4.44. The van der Waals surface area contributed by atoms with Gasteiger partial charge in [-0.05, 0) is 65.1 Å². The van der Waals surface area contributed by atoms with E-state index in [-0.39, 0.29) is 0 Å². The maximum atomic E-state index is 3.82. The van der Waals surface area contributed by atoms with Gasteiger partial charge in [0.2, 0.25) is 0 Å². The first-order valence-corrected chi connectivity index (χ1v) is 7.93. The summed E-state index contributed by atoms with van der Waals surface area (Å²) in [6, 6.07) is 1.37. The molecule has 108 valence electrons. The zero-order valence-electron chi connectivity index (χ0n) is 13.2. The van der Waals surface area contributed by atoms with Crippen molar-refractivity contribution in [1.82, 2.24) is 10.2 Å². The van der Waals surface area contributed by atoms with Gasteiger partial charge in [0.15, 0.2) is 0 Å². The van der Waals surface area contributed by atoms with Gasteiger partial charge >= 0.3 is 0 Å². The third kappa shape index (κ3) is 6.19. The summed E-state index contributed by atoms with van der Waals surface area (Å²) in [6.45, 7) is 11.9.